The number of hydrogen-bond acceptors (Lipinski definition) is 7. The fourth-order valence-corrected chi connectivity index (χ4v) is 4.95. The number of fused-ring (bicyclic) bond motifs is 1. The van der Waals surface area contributed by atoms with Crippen molar-refractivity contribution >= 4 is 11.6 Å². The number of imidazole rings is 1. The number of halogens is 1. The summed E-state index contributed by atoms with van der Waals surface area (Å²) < 4.78 is 15.2. The van der Waals surface area contributed by atoms with E-state index >= 15 is 0 Å². The number of aliphatic hydroxyl groups excluding tert-OH is 1. The summed E-state index contributed by atoms with van der Waals surface area (Å²) in [6.07, 6.45) is 0.697. The summed E-state index contributed by atoms with van der Waals surface area (Å²) in [5.74, 6) is 0.430. The van der Waals surface area contributed by atoms with Gasteiger partial charge in [0.1, 0.15) is 17.3 Å². The molecule has 5 rings (SSSR count). The lowest BCUT2D eigenvalue weighted by Gasteiger charge is -2.47. The molecule has 1 unspecified atom stereocenters. The van der Waals surface area contributed by atoms with Gasteiger partial charge in [0.25, 0.3) is 5.91 Å². The van der Waals surface area contributed by atoms with Gasteiger partial charge < -0.3 is 10.0 Å². The number of carbonyl (C=O) groups excluding carboxylic acids is 1. The van der Waals surface area contributed by atoms with Gasteiger partial charge in [0, 0.05) is 30.8 Å². The minimum atomic E-state index is -0.963. The van der Waals surface area contributed by atoms with E-state index in [-0.39, 0.29) is 17.1 Å². The molecule has 1 aliphatic rings. The highest BCUT2D eigenvalue weighted by Crippen LogP contribution is 2.31. The third kappa shape index (κ3) is 4.79. The van der Waals surface area contributed by atoms with Crippen LogP contribution < -0.4 is 0 Å². The molecule has 1 aliphatic heterocycles. The van der Waals surface area contributed by atoms with Crippen LogP contribution >= 0.6 is 0 Å². The lowest BCUT2D eigenvalue weighted by Crippen LogP contribution is -2.61. The zero-order valence-corrected chi connectivity index (χ0v) is 22.5. The molecule has 1 amide bonds. The number of benzene rings is 1. The summed E-state index contributed by atoms with van der Waals surface area (Å²) in [7, 11) is 0. The maximum Gasteiger partial charge on any atom is 0.274 e. The standard InChI is InChI=1S/C27H33FN8O2/c1-16-29-22(32-31-16)25(38)34-11-12-35(27(5,6)15-34)24(37)21-14-36-23(30-21)19(26(2,3)4)13-20(33-36)17-7-9-18(28)10-8-17/h7-10,13-14,25,38H,11-12,15H2,1-6H3,(H,29,31,32). The summed E-state index contributed by atoms with van der Waals surface area (Å²) in [6, 6.07) is 8.15. The highest BCUT2D eigenvalue weighted by Gasteiger charge is 2.40. The Morgan fingerprint density at radius 2 is 1.87 bits per heavy atom. The highest BCUT2D eigenvalue weighted by molar-refractivity contribution is 5.93. The zero-order valence-electron chi connectivity index (χ0n) is 22.5. The number of H-pyrrole nitrogens is 1. The molecule has 38 heavy (non-hydrogen) atoms. The van der Waals surface area contributed by atoms with Crippen LogP contribution in [0, 0.1) is 12.7 Å². The Morgan fingerprint density at radius 3 is 2.47 bits per heavy atom. The Labute approximate surface area is 220 Å². The van der Waals surface area contributed by atoms with Crippen LogP contribution in [0.1, 0.15) is 68.5 Å². The molecule has 1 fully saturated rings. The SMILES string of the molecule is Cc1nc(C(O)N2CCN(C(=O)c3cn4nc(-c5ccc(F)cc5)cc(C(C)(C)C)c4n3)C(C)(C)C2)n[nH]1. The summed E-state index contributed by atoms with van der Waals surface area (Å²) in [6.45, 7) is 13.2. The van der Waals surface area contributed by atoms with Gasteiger partial charge in [0.15, 0.2) is 17.7 Å². The number of amides is 1. The molecule has 11 heteroatoms. The van der Waals surface area contributed by atoms with E-state index in [4.69, 9.17) is 10.1 Å². The van der Waals surface area contributed by atoms with E-state index < -0.39 is 11.8 Å². The van der Waals surface area contributed by atoms with Crippen molar-refractivity contribution in [1.29, 1.82) is 0 Å². The molecule has 10 nitrogen and oxygen atoms in total. The molecule has 0 bridgehead atoms. The van der Waals surface area contributed by atoms with Gasteiger partial charge in [-0.1, -0.05) is 20.8 Å². The van der Waals surface area contributed by atoms with Crippen LogP contribution in [0.4, 0.5) is 4.39 Å². The van der Waals surface area contributed by atoms with Crippen molar-refractivity contribution in [2.24, 2.45) is 0 Å². The summed E-state index contributed by atoms with van der Waals surface area (Å²) >= 11 is 0. The molecule has 0 spiro atoms. The van der Waals surface area contributed by atoms with Gasteiger partial charge >= 0.3 is 0 Å². The Morgan fingerprint density at radius 1 is 1.16 bits per heavy atom. The molecule has 1 aromatic carbocycles. The molecule has 1 saturated heterocycles. The molecule has 0 saturated carbocycles. The minimum absolute atomic E-state index is 0.202. The fraction of sp³-hybridized carbons (Fsp3) is 0.444. The first kappa shape index (κ1) is 25.9. The van der Waals surface area contributed by atoms with Crippen LogP contribution in [-0.2, 0) is 5.41 Å². The normalized spacial score (nSPS) is 17.2. The molecular weight excluding hydrogens is 487 g/mol. The summed E-state index contributed by atoms with van der Waals surface area (Å²) in [5, 5.41) is 22.3. The first-order chi connectivity index (χ1) is 17.8. The van der Waals surface area contributed by atoms with Crippen LogP contribution in [0.2, 0.25) is 0 Å². The molecule has 4 heterocycles. The second kappa shape index (κ2) is 9.25. The molecule has 3 aromatic heterocycles. The topological polar surface area (TPSA) is 116 Å². The van der Waals surface area contributed by atoms with Crippen molar-refractivity contribution in [2.45, 2.75) is 58.7 Å². The third-order valence-corrected chi connectivity index (χ3v) is 6.96. The number of nitrogens with one attached hydrogen (secondary N) is 1. The lowest BCUT2D eigenvalue weighted by atomic mass is 9.87. The number of rotatable bonds is 4. The van der Waals surface area contributed by atoms with Crippen molar-refractivity contribution < 1.29 is 14.3 Å². The number of carbonyl (C=O) groups is 1. The Bertz CT molecular complexity index is 1490. The van der Waals surface area contributed by atoms with E-state index in [1.54, 1.807) is 34.7 Å². The number of aromatic amines is 1. The van der Waals surface area contributed by atoms with Crippen molar-refractivity contribution in [1.82, 2.24) is 39.6 Å². The van der Waals surface area contributed by atoms with Gasteiger partial charge in [0.05, 0.1) is 17.4 Å². The van der Waals surface area contributed by atoms with E-state index in [0.29, 0.717) is 48.3 Å². The average molecular weight is 521 g/mol. The molecule has 0 aliphatic carbocycles. The first-order valence-electron chi connectivity index (χ1n) is 12.6. The fourth-order valence-electron chi connectivity index (χ4n) is 4.95. The molecule has 2 N–H and O–H groups in total. The molecule has 4 aromatic rings. The van der Waals surface area contributed by atoms with Crippen molar-refractivity contribution in [2.75, 3.05) is 19.6 Å². The van der Waals surface area contributed by atoms with Crippen LogP contribution in [-0.4, -0.2) is 75.8 Å². The van der Waals surface area contributed by atoms with E-state index in [1.807, 2.05) is 24.8 Å². The number of aromatic nitrogens is 6. The Kier molecular flexibility index (Phi) is 6.31. The van der Waals surface area contributed by atoms with Gasteiger partial charge in [-0.2, -0.15) is 10.2 Å². The predicted octanol–water partition coefficient (Wildman–Crippen LogP) is 3.49. The number of aryl methyl sites for hydroxylation is 1. The van der Waals surface area contributed by atoms with Gasteiger partial charge in [-0.25, -0.2) is 18.9 Å². The van der Waals surface area contributed by atoms with Crippen LogP contribution in [0.5, 0.6) is 0 Å². The Hall–Kier alpha value is -3.70. The average Bonchev–Trinajstić information content (AvgIpc) is 3.48. The molecule has 1 atom stereocenters. The van der Waals surface area contributed by atoms with E-state index in [9.17, 15) is 14.3 Å². The van der Waals surface area contributed by atoms with Crippen molar-refractivity contribution in [3.63, 3.8) is 0 Å². The maximum atomic E-state index is 13.8. The van der Waals surface area contributed by atoms with E-state index in [1.165, 1.54) is 12.1 Å². The summed E-state index contributed by atoms with van der Waals surface area (Å²) in [5.41, 5.74) is 2.42. The van der Waals surface area contributed by atoms with E-state index in [2.05, 4.69) is 36.0 Å². The smallest absolute Gasteiger partial charge is 0.274 e. The van der Waals surface area contributed by atoms with Gasteiger partial charge in [-0.05, 0) is 56.5 Å². The zero-order chi connectivity index (χ0) is 27.4. The predicted molar refractivity (Wildman–Crippen MR) is 140 cm³/mol. The molecule has 0 radical (unpaired) electrons. The number of aliphatic hydroxyl groups is 1. The van der Waals surface area contributed by atoms with Crippen LogP contribution in [0.25, 0.3) is 16.9 Å². The van der Waals surface area contributed by atoms with Gasteiger partial charge in [0.2, 0.25) is 0 Å². The maximum absolute atomic E-state index is 13.8. The third-order valence-electron chi connectivity index (χ3n) is 6.96. The van der Waals surface area contributed by atoms with Crippen LogP contribution in [0.3, 0.4) is 0 Å². The van der Waals surface area contributed by atoms with E-state index in [0.717, 1.165) is 11.1 Å². The molecule has 200 valence electrons. The molecular formula is C27H33FN8O2. The number of piperazine rings is 1. The quantitative estimate of drug-likeness (QED) is 0.423. The van der Waals surface area contributed by atoms with Gasteiger partial charge in [-0.3, -0.25) is 14.8 Å². The second-order valence-corrected chi connectivity index (χ2v) is 11.5. The second-order valence-electron chi connectivity index (χ2n) is 11.5. The Balaban J connectivity index is 1.45. The summed E-state index contributed by atoms with van der Waals surface area (Å²) in [4.78, 5) is 26.4. The number of hydrogen-bond donors (Lipinski definition) is 2. The van der Waals surface area contributed by atoms with Crippen molar-refractivity contribution in [3.05, 3.63) is 65.3 Å². The minimum Gasteiger partial charge on any atom is -0.371 e. The largest absolute Gasteiger partial charge is 0.371 e. The van der Waals surface area contributed by atoms with Gasteiger partial charge in [-0.15, -0.1) is 0 Å². The first-order valence-corrected chi connectivity index (χ1v) is 12.6. The number of nitrogens with zero attached hydrogens (tertiary/aromatic N) is 7. The van der Waals surface area contributed by atoms with Crippen LogP contribution in [0.15, 0.2) is 36.5 Å². The van der Waals surface area contributed by atoms with Crippen molar-refractivity contribution in [3.8, 4) is 11.3 Å². The lowest BCUT2D eigenvalue weighted by molar-refractivity contribution is -0.0654. The highest BCUT2D eigenvalue weighted by atomic mass is 19.1. The monoisotopic (exact) mass is 520 g/mol.